The summed E-state index contributed by atoms with van der Waals surface area (Å²) in [6.45, 7) is 2.69. The molecule has 1 aliphatic heterocycles. The van der Waals surface area contributed by atoms with E-state index in [9.17, 15) is 23.3 Å². The second-order valence-electron chi connectivity index (χ2n) is 5.67. The Morgan fingerprint density at radius 3 is 2.58 bits per heavy atom. The van der Waals surface area contributed by atoms with E-state index in [1.807, 2.05) is 6.92 Å². The Labute approximate surface area is 141 Å². The van der Waals surface area contributed by atoms with Crippen LogP contribution in [0.3, 0.4) is 0 Å². The summed E-state index contributed by atoms with van der Waals surface area (Å²) >= 11 is 0. The molecule has 1 aliphatic rings. The SMILES string of the molecule is CCCNC(=O)[C@H]1CCCCN1S(=O)(=O)c1ccc([N+](=O)[O-])cc1. The maximum atomic E-state index is 12.8. The summed E-state index contributed by atoms with van der Waals surface area (Å²) in [5, 5.41) is 13.4. The number of benzene rings is 1. The van der Waals surface area contributed by atoms with Gasteiger partial charge < -0.3 is 5.32 Å². The molecule has 0 spiro atoms. The molecule has 0 aromatic heterocycles. The van der Waals surface area contributed by atoms with Gasteiger partial charge in [-0.3, -0.25) is 14.9 Å². The predicted octanol–water partition coefficient (Wildman–Crippen LogP) is 1.66. The largest absolute Gasteiger partial charge is 0.355 e. The summed E-state index contributed by atoms with van der Waals surface area (Å²) in [7, 11) is -3.87. The number of nitro groups is 1. The molecule has 1 atom stereocenters. The van der Waals surface area contributed by atoms with Crippen LogP contribution in [0.1, 0.15) is 32.6 Å². The highest BCUT2D eigenvalue weighted by atomic mass is 32.2. The molecule has 1 aromatic rings. The second-order valence-corrected chi connectivity index (χ2v) is 7.56. The Morgan fingerprint density at radius 2 is 2.00 bits per heavy atom. The quantitative estimate of drug-likeness (QED) is 0.616. The zero-order chi connectivity index (χ0) is 17.7. The van der Waals surface area contributed by atoms with E-state index in [-0.39, 0.29) is 23.0 Å². The number of carbonyl (C=O) groups is 1. The van der Waals surface area contributed by atoms with Crippen LogP contribution in [0.25, 0.3) is 0 Å². The van der Waals surface area contributed by atoms with E-state index in [0.717, 1.165) is 25.0 Å². The van der Waals surface area contributed by atoms with Gasteiger partial charge in [-0.25, -0.2) is 8.42 Å². The van der Waals surface area contributed by atoms with Crippen LogP contribution in [0, 0.1) is 10.1 Å². The zero-order valence-corrected chi connectivity index (χ0v) is 14.3. The molecule has 9 heteroatoms. The molecule has 0 unspecified atom stereocenters. The van der Waals surface area contributed by atoms with E-state index >= 15 is 0 Å². The lowest BCUT2D eigenvalue weighted by atomic mass is 10.0. The van der Waals surface area contributed by atoms with Gasteiger partial charge >= 0.3 is 0 Å². The number of amides is 1. The Kier molecular flexibility index (Phi) is 5.89. The van der Waals surface area contributed by atoms with Crippen LogP contribution in [0.2, 0.25) is 0 Å². The van der Waals surface area contributed by atoms with Gasteiger partial charge in [0.25, 0.3) is 5.69 Å². The topological polar surface area (TPSA) is 110 Å². The van der Waals surface area contributed by atoms with Crippen molar-refractivity contribution in [2.24, 2.45) is 0 Å². The van der Waals surface area contributed by atoms with Crippen LogP contribution in [0.15, 0.2) is 29.2 Å². The lowest BCUT2D eigenvalue weighted by Crippen LogP contribution is -2.51. The summed E-state index contributed by atoms with van der Waals surface area (Å²) in [5.41, 5.74) is -0.176. The van der Waals surface area contributed by atoms with E-state index in [1.54, 1.807) is 0 Å². The highest BCUT2D eigenvalue weighted by Crippen LogP contribution is 2.26. The first-order valence-corrected chi connectivity index (χ1v) is 9.36. The Bertz CT molecular complexity index is 702. The monoisotopic (exact) mass is 355 g/mol. The van der Waals surface area contributed by atoms with Crippen molar-refractivity contribution in [3.05, 3.63) is 34.4 Å². The molecule has 0 radical (unpaired) electrons. The number of hydrogen-bond acceptors (Lipinski definition) is 5. The van der Waals surface area contributed by atoms with Gasteiger partial charge in [-0.15, -0.1) is 0 Å². The van der Waals surface area contributed by atoms with Crippen molar-refractivity contribution >= 4 is 21.6 Å². The van der Waals surface area contributed by atoms with Gasteiger partial charge in [0, 0.05) is 25.2 Å². The van der Waals surface area contributed by atoms with Crippen molar-refractivity contribution in [3.8, 4) is 0 Å². The number of piperidine rings is 1. The minimum atomic E-state index is -3.87. The smallest absolute Gasteiger partial charge is 0.269 e. The van der Waals surface area contributed by atoms with Crippen LogP contribution in [-0.4, -0.2) is 42.7 Å². The fourth-order valence-electron chi connectivity index (χ4n) is 2.70. The molecule has 0 aliphatic carbocycles. The molecule has 1 aromatic carbocycles. The molecule has 0 saturated carbocycles. The first-order valence-electron chi connectivity index (χ1n) is 7.92. The average Bonchev–Trinajstić information content (AvgIpc) is 2.59. The molecule has 1 fully saturated rings. The Morgan fingerprint density at radius 1 is 1.33 bits per heavy atom. The molecule has 2 rings (SSSR count). The third-order valence-corrected chi connectivity index (χ3v) is 5.88. The third kappa shape index (κ3) is 3.90. The molecule has 1 amide bonds. The summed E-state index contributed by atoms with van der Waals surface area (Å²) in [5.74, 6) is -0.290. The normalized spacial score (nSPS) is 19.0. The van der Waals surface area contributed by atoms with E-state index in [1.165, 1.54) is 16.4 Å². The van der Waals surface area contributed by atoms with Crippen LogP contribution in [0.5, 0.6) is 0 Å². The lowest BCUT2D eigenvalue weighted by Gasteiger charge is -2.33. The average molecular weight is 355 g/mol. The molecule has 0 bridgehead atoms. The maximum absolute atomic E-state index is 12.8. The zero-order valence-electron chi connectivity index (χ0n) is 13.5. The predicted molar refractivity (Wildman–Crippen MR) is 87.9 cm³/mol. The van der Waals surface area contributed by atoms with Gasteiger partial charge in [-0.2, -0.15) is 4.31 Å². The van der Waals surface area contributed by atoms with E-state index in [4.69, 9.17) is 0 Å². The molecule has 1 N–H and O–H groups in total. The third-order valence-electron chi connectivity index (χ3n) is 3.96. The standard InChI is InChI=1S/C15H21N3O5S/c1-2-10-16-15(19)14-5-3-4-11-17(14)24(22,23)13-8-6-12(7-9-13)18(20)21/h6-9,14H,2-5,10-11H2,1H3,(H,16,19)/t14-/m1/s1. The molecule has 24 heavy (non-hydrogen) atoms. The number of nitrogens with zero attached hydrogens (tertiary/aromatic N) is 2. The number of carbonyl (C=O) groups excluding carboxylic acids is 1. The number of nitrogens with one attached hydrogen (secondary N) is 1. The highest BCUT2D eigenvalue weighted by Gasteiger charge is 2.37. The number of non-ortho nitro benzene ring substituents is 1. The van der Waals surface area contributed by atoms with Gasteiger partial charge in [-0.05, 0) is 31.4 Å². The van der Waals surface area contributed by atoms with Crippen molar-refractivity contribution in [1.82, 2.24) is 9.62 Å². The first-order chi connectivity index (χ1) is 11.4. The van der Waals surface area contributed by atoms with Crippen molar-refractivity contribution in [2.45, 2.75) is 43.5 Å². The number of rotatable bonds is 6. The second kappa shape index (κ2) is 7.71. The van der Waals surface area contributed by atoms with Gasteiger partial charge in [-0.1, -0.05) is 13.3 Å². The highest BCUT2D eigenvalue weighted by molar-refractivity contribution is 7.89. The molecule has 132 valence electrons. The number of hydrogen-bond donors (Lipinski definition) is 1. The van der Waals surface area contributed by atoms with Gasteiger partial charge in [0.1, 0.15) is 6.04 Å². The van der Waals surface area contributed by atoms with Crippen molar-refractivity contribution in [3.63, 3.8) is 0 Å². The summed E-state index contributed by atoms with van der Waals surface area (Å²) in [6.07, 6.45) is 2.72. The van der Waals surface area contributed by atoms with Crippen LogP contribution in [-0.2, 0) is 14.8 Å². The lowest BCUT2D eigenvalue weighted by molar-refractivity contribution is -0.384. The number of nitro benzene ring substituents is 1. The van der Waals surface area contributed by atoms with Gasteiger partial charge in [0.2, 0.25) is 15.9 Å². The molecule has 1 saturated heterocycles. The van der Waals surface area contributed by atoms with Gasteiger partial charge in [0.05, 0.1) is 9.82 Å². The summed E-state index contributed by atoms with van der Waals surface area (Å²) in [4.78, 5) is 22.4. The number of sulfonamides is 1. The molecular weight excluding hydrogens is 334 g/mol. The van der Waals surface area contributed by atoms with E-state index in [0.29, 0.717) is 19.4 Å². The Balaban J connectivity index is 2.27. The van der Waals surface area contributed by atoms with Crippen LogP contribution < -0.4 is 5.32 Å². The van der Waals surface area contributed by atoms with Crippen LogP contribution >= 0.6 is 0 Å². The van der Waals surface area contributed by atoms with Crippen molar-refractivity contribution in [1.29, 1.82) is 0 Å². The van der Waals surface area contributed by atoms with Crippen molar-refractivity contribution < 1.29 is 18.1 Å². The summed E-state index contributed by atoms with van der Waals surface area (Å²) in [6, 6.07) is 4.00. The fourth-order valence-corrected chi connectivity index (χ4v) is 4.35. The van der Waals surface area contributed by atoms with Crippen LogP contribution in [0.4, 0.5) is 5.69 Å². The van der Waals surface area contributed by atoms with Crippen molar-refractivity contribution in [2.75, 3.05) is 13.1 Å². The molecule has 1 heterocycles. The van der Waals surface area contributed by atoms with E-state index < -0.39 is 21.0 Å². The Hall–Kier alpha value is -2.00. The summed E-state index contributed by atoms with van der Waals surface area (Å²) < 4.78 is 26.9. The minimum absolute atomic E-state index is 0.0386. The minimum Gasteiger partial charge on any atom is -0.355 e. The maximum Gasteiger partial charge on any atom is 0.269 e. The van der Waals surface area contributed by atoms with E-state index in [2.05, 4.69) is 5.32 Å². The first kappa shape index (κ1) is 18.3. The fraction of sp³-hybridized carbons (Fsp3) is 0.533. The molecule has 8 nitrogen and oxygen atoms in total. The van der Waals surface area contributed by atoms with Gasteiger partial charge in [0.15, 0.2) is 0 Å². The molecular formula is C15H21N3O5S.